The maximum absolute atomic E-state index is 9.02. The Kier molecular flexibility index (Phi) is 5.09. The minimum absolute atomic E-state index is 0.237. The molecule has 5 heteroatoms. The molecule has 0 aliphatic rings. The van der Waals surface area contributed by atoms with Gasteiger partial charge in [-0.05, 0) is 30.3 Å². The van der Waals surface area contributed by atoms with E-state index in [1.807, 2.05) is 54.6 Å². The minimum atomic E-state index is 0.237. The number of oxime groups is 1. The Morgan fingerprint density at radius 3 is 2.67 bits per heavy atom. The molecule has 0 spiro atoms. The summed E-state index contributed by atoms with van der Waals surface area (Å²) in [5.41, 5.74) is 2.37. The lowest BCUT2D eigenvalue weighted by Crippen LogP contribution is -1.91. The van der Waals surface area contributed by atoms with Crippen molar-refractivity contribution in [3.8, 4) is 17.4 Å². The van der Waals surface area contributed by atoms with Crippen LogP contribution in [0.3, 0.4) is 0 Å². The van der Waals surface area contributed by atoms with Crippen LogP contribution in [0.2, 0.25) is 0 Å². The summed E-state index contributed by atoms with van der Waals surface area (Å²) in [6.07, 6.45) is 1.51. The molecule has 1 aromatic heterocycles. The van der Waals surface area contributed by atoms with Gasteiger partial charge in [0.1, 0.15) is 24.3 Å². The van der Waals surface area contributed by atoms with E-state index in [1.54, 1.807) is 6.07 Å². The van der Waals surface area contributed by atoms with Crippen molar-refractivity contribution in [3.05, 3.63) is 82.0 Å². The lowest BCUT2D eigenvalue weighted by molar-refractivity contribution is 0.131. The summed E-state index contributed by atoms with van der Waals surface area (Å²) in [6.45, 7) is 0.237. The molecule has 118 valence electrons. The fraction of sp³-hybridized carbons (Fsp3) is 0.0526. The molecule has 0 fully saturated rings. The molecule has 4 nitrogen and oxygen atoms in total. The zero-order valence-electron chi connectivity index (χ0n) is 12.6. The third kappa shape index (κ3) is 3.92. The highest BCUT2D eigenvalue weighted by Gasteiger charge is 2.04. The van der Waals surface area contributed by atoms with Crippen LogP contribution in [0, 0.1) is 11.3 Å². The van der Waals surface area contributed by atoms with Gasteiger partial charge in [-0.1, -0.05) is 51.4 Å². The number of halogens is 1. The first-order valence-corrected chi connectivity index (χ1v) is 8.04. The van der Waals surface area contributed by atoms with E-state index in [0.717, 1.165) is 21.4 Å². The normalized spacial score (nSPS) is 10.7. The van der Waals surface area contributed by atoms with Crippen LogP contribution in [-0.4, -0.2) is 6.21 Å². The van der Waals surface area contributed by atoms with Gasteiger partial charge in [-0.25, -0.2) is 0 Å². The van der Waals surface area contributed by atoms with Crippen molar-refractivity contribution in [2.24, 2.45) is 5.16 Å². The molecule has 0 saturated heterocycles. The summed E-state index contributed by atoms with van der Waals surface area (Å²) < 4.78 is 6.73. The molecule has 0 radical (unpaired) electrons. The molecular formula is C19H13BrN2O2. The van der Waals surface area contributed by atoms with E-state index in [0.29, 0.717) is 11.3 Å². The number of benzene rings is 2. The highest BCUT2D eigenvalue weighted by molar-refractivity contribution is 9.10. The number of nitrogens with zero attached hydrogens (tertiary/aromatic N) is 2. The Labute approximate surface area is 148 Å². The van der Waals surface area contributed by atoms with E-state index < -0.39 is 0 Å². The lowest BCUT2D eigenvalue weighted by atomic mass is 10.1. The van der Waals surface area contributed by atoms with E-state index in [-0.39, 0.29) is 6.61 Å². The summed E-state index contributed by atoms with van der Waals surface area (Å²) in [5.74, 6) is 1.36. The summed E-state index contributed by atoms with van der Waals surface area (Å²) in [5, 5.41) is 12.9. The fourth-order valence-electron chi connectivity index (χ4n) is 2.14. The second-order valence-corrected chi connectivity index (χ2v) is 5.90. The summed E-state index contributed by atoms with van der Waals surface area (Å²) >= 11 is 3.41. The quantitative estimate of drug-likeness (QED) is 0.455. The zero-order valence-corrected chi connectivity index (χ0v) is 14.2. The summed E-state index contributed by atoms with van der Waals surface area (Å²) in [6, 6.07) is 21.0. The van der Waals surface area contributed by atoms with Crippen LogP contribution in [0.15, 0.2) is 74.7 Å². The minimum Gasteiger partial charge on any atom is -0.455 e. The summed E-state index contributed by atoms with van der Waals surface area (Å²) in [7, 11) is 0. The largest absolute Gasteiger partial charge is 0.455 e. The van der Waals surface area contributed by atoms with Crippen molar-refractivity contribution < 1.29 is 9.25 Å². The average molecular weight is 381 g/mol. The van der Waals surface area contributed by atoms with Gasteiger partial charge in [0.25, 0.3) is 0 Å². The lowest BCUT2D eigenvalue weighted by Gasteiger charge is -2.01. The number of nitriles is 1. The predicted octanol–water partition coefficient (Wildman–Crippen LogP) is 5.13. The topological polar surface area (TPSA) is 58.5 Å². The Morgan fingerprint density at radius 1 is 1.08 bits per heavy atom. The Morgan fingerprint density at radius 2 is 1.88 bits per heavy atom. The third-order valence-corrected chi connectivity index (χ3v) is 3.90. The Balaban J connectivity index is 1.61. The standard InChI is InChI=1S/C19H13BrN2O2/c20-17-7-5-14(6-8-17)19-10-9-18(24-19)12-22-23-13-16-4-2-1-3-15(16)11-21/h1-10,12H,13H2/b22-12+. The van der Waals surface area contributed by atoms with E-state index in [2.05, 4.69) is 27.2 Å². The van der Waals surface area contributed by atoms with Gasteiger partial charge in [0.2, 0.25) is 0 Å². The van der Waals surface area contributed by atoms with E-state index in [1.165, 1.54) is 6.21 Å². The van der Waals surface area contributed by atoms with Crippen molar-refractivity contribution in [1.29, 1.82) is 5.26 Å². The SMILES string of the molecule is N#Cc1ccccc1CO/N=C/c1ccc(-c2ccc(Br)cc2)o1. The van der Waals surface area contributed by atoms with Gasteiger partial charge in [-0.3, -0.25) is 0 Å². The summed E-state index contributed by atoms with van der Waals surface area (Å²) in [4.78, 5) is 5.25. The zero-order chi connectivity index (χ0) is 16.8. The molecule has 2 aromatic carbocycles. The third-order valence-electron chi connectivity index (χ3n) is 3.37. The van der Waals surface area contributed by atoms with E-state index in [4.69, 9.17) is 14.5 Å². The highest BCUT2D eigenvalue weighted by Crippen LogP contribution is 2.23. The molecule has 0 aliphatic carbocycles. The highest BCUT2D eigenvalue weighted by atomic mass is 79.9. The number of furan rings is 1. The van der Waals surface area contributed by atoms with Crippen LogP contribution in [-0.2, 0) is 11.4 Å². The molecule has 1 heterocycles. The van der Waals surface area contributed by atoms with Gasteiger partial charge >= 0.3 is 0 Å². The van der Waals surface area contributed by atoms with Crippen LogP contribution < -0.4 is 0 Å². The van der Waals surface area contributed by atoms with Gasteiger partial charge in [0.05, 0.1) is 11.6 Å². The smallest absolute Gasteiger partial charge is 0.149 e. The predicted molar refractivity (Wildman–Crippen MR) is 95.4 cm³/mol. The molecule has 0 bridgehead atoms. The number of hydrogen-bond donors (Lipinski definition) is 0. The van der Waals surface area contributed by atoms with Crippen LogP contribution in [0.4, 0.5) is 0 Å². The molecule has 0 unspecified atom stereocenters. The molecule has 0 saturated carbocycles. The first-order valence-electron chi connectivity index (χ1n) is 7.25. The van der Waals surface area contributed by atoms with Crippen LogP contribution in [0.25, 0.3) is 11.3 Å². The molecular weight excluding hydrogens is 368 g/mol. The average Bonchev–Trinajstić information content (AvgIpc) is 3.08. The fourth-order valence-corrected chi connectivity index (χ4v) is 2.41. The van der Waals surface area contributed by atoms with Gasteiger partial charge < -0.3 is 9.25 Å². The Bertz CT molecular complexity index is 892. The second kappa shape index (κ2) is 7.62. The van der Waals surface area contributed by atoms with Gasteiger partial charge in [0.15, 0.2) is 0 Å². The number of hydrogen-bond acceptors (Lipinski definition) is 4. The van der Waals surface area contributed by atoms with Crippen LogP contribution in [0.1, 0.15) is 16.9 Å². The second-order valence-electron chi connectivity index (χ2n) is 4.99. The van der Waals surface area contributed by atoms with E-state index in [9.17, 15) is 0 Å². The number of rotatable bonds is 5. The first-order chi connectivity index (χ1) is 11.8. The molecule has 3 aromatic rings. The van der Waals surface area contributed by atoms with Crippen molar-refractivity contribution in [2.45, 2.75) is 6.61 Å². The van der Waals surface area contributed by atoms with Crippen LogP contribution >= 0.6 is 15.9 Å². The maximum Gasteiger partial charge on any atom is 0.149 e. The monoisotopic (exact) mass is 380 g/mol. The molecule has 24 heavy (non-hydrogen) atoms. The van der Waals surface area contributed by atoms with Crippen LogP contribution in [0.5, 0.6) is 0 Å². The molecule has 3 rings (SSSR count). The molecule has 0 amide bonds. The molecule has 0 N–H and O–H groups in total. The van der Waals surface area contributed by atoms with Gasteiger partial charge in [-0.2, -0.15) is 5.26 Å². The van der Waals surface area contributed by atoms with Gasteiger partial charge in [0, 0.05) is 15.6 Å². The van der Waals surface area contributed by atoms with Crippen molar-refractivity contribution in [3.63, 3.8) is 0 Å². The maximum atomic E-state index is 9.02. The van der Waals surface area contributed by atoms with Crippen molar-refractivity contribution in [1.82, 2.24) is 0 Å². The van der Waals surface area contributed by atoms with Crippen molar-refractivity contribution >= 4 is 22.1 Å². The van der Waals surface area contributed by atoms with Gasteiger partial charge in [-0.15, -0.1) is 0 Å². The molecule has 0 atom stereocenters. The Hall–Kier alpha value is -2.84. The van der Waals surface area contributed by atoms with Crippen molar-refractivity contribution in [2.75, 3.05) is 0 Å². The molecule has 0 aliphatic heterocycles. The van der Waals surface area contributed by atoms with E-state index >= 15 is 0 Å². The first kappa shape index (κ1) is 16.0.